The van der Waals surface area contributed by atoms with Crippen LogP contribution in [0.2, 0.25) is 0 Å². The average molecular weight is 411 g/mol. The van der Waals surface area contributed by atoms with Gasteiger partial charge in [0.25, 0.3) is 11.8 Å². The van der Waals surface area contributed by atoms with Crippen LogP contribution in [0.4, 0.5) is 10.1 Å². The summed E-state index contributed by atoms with van der Waals surface area (Å²) >= 11 is 0. The largest absolute Gasteiger partial charge is 0.388 e. The van der Waals surface area contributed by atoms with Crippen LogP contribution >= 0.6 is 0 Å². The van der Waals surface area contributed by atoms with Crippen LogP contribution in [-0.2, 0) is 0 Å². The van der Waals surface area contributed by atoms with E-state index in [1.165, 1.54) is 18.3 Å². The first-order chi connectivity index (χ1) is 14.5. The van der Waals surface area contributed by atoms with Gasteiger partial charge in [-0.1, -0.05) is 6.07 Å². The highest BCUT2D eigenvalue weighted by Gasteiger charge is 2.29. The molecule has 3 heterocycles. The lowest BCUT2D eigenvalue weighted by Gasteiger charge is -2.32. The van der Waals surface area contributed by atoms with Crippen molar-refractivity contribution in [2.24, 2.45) is 0 Å². The minimum absolute atomic E-state index is 0.106. The summed E-state index contributed by atoms with van der Waals surface area (Å²) in [5.41, 5.74) is -0.0531. The number of nitrogens with zero attached hydrogens (tertiary/aromatic N) is 2. The number of pyridine rings is 1. The number of nitrogens with one attached hydrogen (secondary N) is 3. The third kappa shape index (κ3) is 4.17. The zero-order valence-electron chi connectivity index (χ0n) is 16.2. The molecule has 1 fully saturated rings. The summed E-state index contributed by atoms with van der Waals surface area (Å²) in [7, 11) is 0. The van der Waals surface area contributed by atoms with Crippen molar-refractivity contribution >= 4 is 23.1 Å². The molecule has 0 spiro atoms. The van der Waals surface area contributed by atoms with Gasteiger partial charge in [-0.25, -0.2) is 9.37 Å². The third-order valence-electron chi connectivity index (χ3n) is 5.24. The topological polar surface area (TPSA) is 108 Å². The second-order valence-electron chi connectivity index (χ2n) is 7.38. The van der Waals surface area contributed by atoms with Crippen LogP contribution in [0.25, 0.3) is 5.65 Å². The summed E-state index contributed by atoms with van der Waals surface area (Å²) in [4.78, 5) is 29.3. The number of rotatable bonds is 5. The van der Waals surface area contributed by atoms with E-state index in [4.69, 9.17) is 0 Å². The first-order valence-electron chi connectivity index (χ1n) is 9.69. The molecule has 2 aromatic heterocycles. The van der Waals surface area contributed by atoms with Crippen molar-refractivity contribution in [1.82, 2.24) is 20.0 Å². The molecule has 0 radical (unpaired) electrons. The Labute approximate surface area is 172 Å². The number of carbonyl (C=O) groups excluding carboxylic acids is 2. The number of imidazole rings is 1. The van der Waals surface area contributed by atoms with Crippen LogP contribution in [0.15, 0.2) is 48.8 Å². The third-order valence-corrected chi connectivity index (χ3v) is 5.24. The number of piperidine rings is 1. The second-order valence-corrected chi connectivity index (χ2v) is 7.38. The molecule has 1 aliphatic heterocycles. The van der Waals surface area contributed by atoms with Gasteiger partial charge < -0.3 is 21.1 Å². The Hall–Kier alpha value is -3.30. The van der Waals surface area contributed by atoms with E-state index in [-0.39, 0.29) is 23.5 Å². The van der Waals surface area contributed by atoms with Crippen LogP contribution in [0, 0.1) is 5.82 Å². The van der Waals surface area contributed by atoms with E-state index in [1.807, 2.05) is 0 Å². The smallest absolute Gasteiger partial charge is 0.274 e. The molecule has 0 aliphatic carbocycles. The van der Waals surface area contributed by atoms with Crippen LogP contribution in [0.3, 0.4) is 0 Å². The molecular weight excluding hydrogens is 389 g/mol. The highest BCUT2D eigenvalue weighted by atomic mass is 19.1. The normalized spacial score (nSPS) is 15.7. The Morgan fingerprint density at radius 1 is 1.20 bits per heavy atom. The van der Waals surface area contributed by atoms with Gasteiger partial charge in [0.05, 0.1) is 17.5 Å². The maximum absolute atomic E-state index is 14.3. The van der Waals surface area contributed by atoms with Crippen LogP contribution in [0.5, 0.6) is 0 Å². The Balaban J connectivity index is 1.47. The molecule has 0 saturated carbocycles. The summed E-state index contributed by atoms with van der Waals surface area (Å²) in [6.45, 7) is 1.47. The molecule has 4 N–H and O–H groups in total. The van der Waals surface area contributed by atoms with Gasteiger partial charge in [0, 0.05) is 18.3 Å². The van der Waals surface area contributed by atoms with E-state index in [2.05, 4.69) is 20.9 Å². The first-order valence-corrected chi connectivity index (χ1v) is 9.69. The number of carbonyl (C=O) groups is 2. The van der Waals surface area contributed by atoms with Crippen molar-refractivity contribution in [3.8, 4) is 0 Å². The molecule has 0 bridgehead atoms. The number of fused-ring (bicyclic) bond motifs is 1. The van der Waals surface area contributed by atoms with Gasteiger partial charge in [-0.2, -0.15) is 0 Å². The summed E-state index contributed by atoms with van der Waals surface area (Å²) in [6.07, 6.45) is 4.16. The predicted octanol–water partition coefficient (Wildman–Crippen LogP) is 1.57. The maximum atomic E-state index is 14.3. The van der Waals surface area contributed by atoms with Gasteiger partial charge in [0.15, 0.2) is 0 Å². The number of anilines is 1. The first kappa shape index (κ1) is 20.0. The van der Waals surface area contributed by atoms with E-state index in [1.54, 1.807) is 28.8 Å². The fourth-order valence-corrected chi connectivity index (χ4v) is 3.46. The lowest BCUT2D eigenvalue weighted by Crippen LogP contribution is -2.49. The number of aromatic nitrogens is 2. The van der Waals surface area contributed by atoms with Gasteiger partial charge in [0.1, 0.15) is 17.2 Å². The van der Waals surface area contributed by atoms with E-state index >= 15 is 0 Å². The lowest BCUT2D eigenvalue weighted by molar-refractivity contribution is 0.0113. The van der Waals surface area contributed by atoms with Crippen molar-refractivity contribution in [2.45, 2.75) is 18.4 Å². The Morgan fingerprint density at radius 3 is 2.80 bits per heavy atom. The van der Waals surface area contributed by atoms with Crippen molar-refractivity contribution < 1.29 is 19.1 Å². The van der Waals surface area contributed by atoms with Crippen molar-refractivity contribution in [1.29, 1.82) is 0 Å². The molecule has 0 unspecified atom stereocenters. The zero-order chi connectivity index (χ0) is 21.1. The van der Waals surface area contributed by atoms with Crippen LogP contribution in [-0.4, -0.2) is 51.5 Å². The SMILES string of the molecule is O=C(NCC1(O)CCNCC1)c1ccc(F)c(NC(=O)c2cnc3ccccn23)c1. The Morgan fingerprint density at radius 2 is 2.00 bits per heavy atom. The monoisotopic (exact) mass is 411 g/mol. The average Bonchev–Trinajstić information content (AvgIpc) is 3.18. The van der Waals surface area contributed by atoms with Crippen molar-refractivity contribution in [3.63, 3.8) is 0 Å². The zero-order valence-corrected chi connectivity index (χ0v) is 16.2. The fraction of sp³-hybridized carbons (Fsp3) is 0.286. The van der Waals surface area contributed by atoms with E-state index in [0.29, 0.717) is 31.6 Å². The fourth-order valence-electron chi connectivity index (χ4n) is 3.46. The molecule has 1 aliphatic rings. The number of hydrogen-bond acceptors (Lipinski definition) is 5. The van der Waals surface area contributed by atoms with Gasteiger partial charge in [-0.3, -0.25) is 14.0 Å². The molecule has 1 aromatic carbocycles. The highest BCUT2D eigenvalue weighted by Crippen LogP contribution is 2.19. The molecule has 3 aromatic rings. The van der Waals surface area contributed by atoms with E-state index in [0.717, 1.165) is 6.07 Å². The number of benzene rings is 1. The van der Waals surface area contributed by atoms with Crippen molar-refractivity contribution in [2.75, 3.05) is 25.0 Å². The van der Waals surface area contributed by atoms with Gasteiger partial charge in [-0.15, -0.1) is 0 Å². The number of halogens is 1. The second kappa shape index (κ2) is 8.21. The summed E-state index contributed by atoms with van der Waals surface area (Å²) in [5.74, 6) is -1.66. The molecule has 1 saturated heterocycles. The molecule has 9 heteroatoms. The molecule has 30 heavy (non-hydrogen) atoms. The summed E-state index contributed by atoms with van der Waals surface area (Å²) < 4.78 is 15.9. The van der Waals surface area contributed by atoms with Gasteiger partial charge in [-0.05, 0) is 56.3 Å². The Bertz CT molecular complexity index is 1090. The highest BCUT2D eigenvalue weighted by molar-refractivity contribution is 6.04. The van der Waals surface area contributed by atoms with Gasteiger partial charge >= 0.3 is 0 Å². The summed E-state index contributed by atoms with van der Waals surface area (Å²) in [6, 6.07) is 9.04. The standard InChI is InChI=1S/C21H22FN5O3/c22-15-5-4-14(19(28)25-13-21(30)6-8-23-9-7-21)11-16(15)26-20(29)17-12-24-18-3-1-2-10-27(17)18/h1-5,10-12,23,30H,6-9,13H2,(H,25,28)(H,26,29). The lowest BCUT2D eigenvalue weighted by atomic mass is 9.92. The van der Waals surface area contributed by atoms with Crippen molar-refractivity contribution in [3.05, 3.63) is 65.9 Å². The molecule has 2 amide bonds. The molecular formula is C21H22FN5O3. The molecule has 156 valence electrons. The molecule has 4 rings (SSSR count). The number of amides is 2. The van der Waals surface area contributed by atoms with E-state index in [9.17, 15) is 19.1 Å². The van der Waals surface area contributed by atoms with Crippen LogP contribution < -0.4 is 16.0 Å². The quantitative estimate of drug-likeness (QED) is 0.510. The van der Waals surface area contributed by atoms with Gasteiger partial charge in [0.2, 0.25) is 0 Å². The number of aliphatic hydroxyl groups is 1. The summed E-state index contributed by atoms with van der Waals surface area (Å²) in [5, 5.41) is 18.8. The Kier molecular flexibility index (Phi) is 5.47. The minimum Gasteiger partial charge on any atom is -0.388 e. The van der Waals surface area contributed by atoms with Crippen LogP contribution in [0.1, 0.15) is 33.7 Å². The predicted molar refractivity (Wildman–Crippen MR) is 109 cm³/mol. The molecule has 8 nitrogen and oxygen atoms in total. The number of hydrogen-bond donors (Lipinski definition) is 4. The molecule has 0 atom stereocenters. The van der Waals surface area contributed by atoms with E-state index < -0.39 is 23.2 Å². The maximum Gasteiger partial charge on any atom is 0.274 e. The minimum atomic E-state index is -0.957.